The van der Waals surface area contributed by atoms with Crippen molar-refractivity contribution in [1.82, 2.24) is 0 Å². The van der Waals surface area contributed by atoms with Gasteiger partial charge in [0.2, 0.25) is 0 Å². The van der Waals surface area contributed by atoms with E-state index in [2.05, 4.69) is 26.8 Å². The van der Waals surface area contributed by atoms with E-state index in [1.165, 1.54) is 7.11 Å². The van der Waals surface area contributed by atoms with Gasteiger partial charge in [-0.1, -0.05) is 39.3 Å². The Hall–Kier alpha value is -1.80. The number of carbonyl (C=O) groups excluding carboxylic acids is 1. The highest BCUT2D eigenvalue weighted by Crippen LogP contribution is 2.76. The fourth-order valence-electron chi connectivity index (χ4n) is 13.8. The van der Waals surface area contributed by atoms with Crippen LogP contribution in [-0.4, -0.2) is 152 Å². The number of methoxy groups -OCH3 is 1. The Morgan fingerprint density at radius 1 is 0.810 bits per heavy atom. The van der Waals surface area contributed by atoms with Crippen LogP contribution in [0.15, 0.2) is 11.6 Å². The number of allylic oxidation sites excluding steroid dienone is 2. The molecule has 1 unspecified atom stereocenters. The quantitative estimate of drug-likeness (QED) is 0.0923. The molecular formula is C42H66O16. The number of rotatable bonds is 8. The number of ether oxygens (including phenoxy) is 5. The van der Waals surface area contributed by atoms with Crippen molar-refractivity contribution in [2.45, 2.75) is 160 Å². The number of aliphatic carboxylic acids is 1. The molecule has 2 saturated heterocycles. The minimum atomic E-state index is -1.73. The molecule has 7 aliphatic rings. The van der Waals surface area contributed by atoms with Crippen molar-refractivity contribution in [3.05, 3.63) is 11.6 Å². The molecule has 7 rings (SSSR count). The van der Waals surface area contributed by atoms with Crippen LogP contribution in [0.2, 0.25) is 0 Å². The standard InChI is InChI=1S/C42H66O16/c1-37(36(53)54-6)11-13-42(35(51)52)14-12-40(4)20(21(42)15-37)7-8-26-38(2)16-22(45)32(39(3,19-44)25(38)9-10-41(26,40)5)58-33-30(49)28(47)24(18-55-33)57-34-31(50)29(48)27(46)23(17-43)56-34/h7,21-34,43-50H,8-19H2,1-6H3,(H,51,52)/t21-,22-,23+,24+,25+,26+,27+,28-,29-,30+,31+,32-,33-,34?,37-,38-,39-,40+,41+,42-/m0/s1. The zero-order valence-corrected chi connectivity index (χ0v) is 34.5. The number of aliphatic hydroxyl groups is 8. The molecule has 0 spiro atoms. The highest BCUT2D eigenvalue weighted by molar-refractivity contribution is 5.80. The molecule has 0 aromatic carbocycles. The van der Waals surface area contributed by atoms with E-state index in [0.717, 1.165) is 12.0 Å². The maximum absolute atomic E-state index is 13.2. The Morgan fingerprint density at radius 2 is 1.48 bits per heavy atom. The van der Waals surface area contributed by atoms with E-state index in [1.54, 1.807) is 0 Å². The molecule has 20 atom stereocenters. The van der Waals surface area contributed by atoms with Gasteiger partial charge < -0.3 is 69.6 Å². The topological polar surface area (TPSA) is 262 Å². The van der Waals surface area contributed by atoms with Crippen LogP contribution >= 0.6 is 0 Å². The van der Waals surface area contributed by atoms with Gasteiger partial charge in [-0.2, -0.15) is 0 Å². The number of hydrogen-bond donors (Lipinski definition) is 9. The largest absolute Gasteiger partial charge is 0.481 e. The van der Waals surface area contributed by atoms with Gasteiger partial charge in [0, 0.05) is 5.41 Å². The van der Waals surface area contributed by atoms with Gasteiger partial charge in [0.15, 0.2) is 12.6 Å². The summed E-state index contributed by atoms with van der Waals surface area (Å²) in [5.74, 6) is -1.57. The number of esters is 1. The summed E-state index contributed by atoms with van der Waals surface area (Å²) < 4.78 is 28.5. The number of hydrogen-bond acceptors (Lipinski definition) is 15. The first kappa shape index (κ1) is 44.3. The lowest BCUT2D eigenvalue weighted by atomic mass is 9.33. The zero-order chi connectivity index (χ0) is 42.5. The molecule has 0 amide bonds. The monoisotopic (exact) mass is 826 g/mol. The average Bonchev–Trinajstić information content (AvgIpc) is 3.18. The molecule has 6 fully saturated rings. The summed E-state index contributed by atoms with van der Waals surface area (Å²) in [6.45, 7) is 9.16. The highest BCUT2D eigenvalue weighted by atomic mass is 16.7. The molecule has 0 bridgehead atoms. The van der Waals surface area contributed by atoms with Gasteiger partial charge in [0.1, 0.15) is 42.7 Å². The molecule has 9 N–H and O–H groups in total. The number of carbonyl (C=O) groups is 2. The lowest BCUT2D eigenvalue weighted by Gasteiger charge is -2.71. The van der Waals surface area contributed by atoms with Crippen LogP contribution in [0.4, 0.5) is 0 Å². The molecule has 16 heteroatoms. The highest BCUT2D eigenvalue weighted by Gasteiger charge is 2.71. The van der Waals surface area contributed by atoms with Crippen LogP contribution in [0.5, 0.6) is 0 Å². The van der Waals surface area contributed by atoms with Gasteiger partial charge in [-0.25, -0.2) is 0 Å². The number of aliphatic hydroxyl groups excluding tert-OH is 8. The predicted molar refractivity (Wildman–Crippen MR) is 201 cm³/mol. The molecular weight excluding hydrogens is 760 g/mol. The van der Waals surface area contributed by atoms with Gasteiger partial charge >= 0.3 is 11.9 Å². The van der Waals surface area contributed by atoms with Gasteiger partial charge in [0.05, 0.1) is 50.0 Å². The summed E-state index contributed by atoms with van der Waals surface area (Å²) in [4.78, 5) is 26.2. The average molecular weight is 827 g/mol. The third kappa shape index (κ3) is 6.29. The molecule has 58 heavy (non-hydrogen) atoms. The summed E-state index contributed by atoms with van der Waals surface area (Å²) in [6, 6.07) is 0. The van der Waals surface area contributed by atoms with Crippen molar-refractivity contribution in [1.29, 1.82) is 0 Å². The summed E-state index contributed by atoms with van der Waals surface area (Å²) in [6.07, 6.45) is -8.96. The van der Waals surface area contributed by atoms with Crippen LogP contribution < -0.4 is 0 Å². The van der Waals surface area contributed by atoms with E-state index in [0.29, 0.717) is 51.4 Å². The second kappa shape index (κ2) is 15.2. The third-order valence-corrected chi connectivity index (χ3v) is 17.4. The van der Waals surface area contributed by atoms with Crippen molar-refractivity contribution in [3.8, 4) is 0 Å². The van der Waals surface area contributed by atoms with Gasteiger partial charge in [-0.15, -0.1) is 0 Å². The molecule has 4 saturated carbocycles. The van der Waals surface area contributed by atoms with Crippen molar-refractivity contribution in [2.75, 3.05) is 26.9 Å². The van der Waals surface area contributed by atoms with E-state index in [1.807, 2.05) is 13.8 Å². The van der Waals surface area contributed by atoms with E-state index < -0.39 is 102 Å². The van der Waals surface area contributed by atoms with Crippen LogP contribution in [0.25, 0.3) is 0 Å². The first-order valence-corrected chi connectivity index (χ1v) is 21.0. The predicted octanol–water partition coefficient (Wildman–Crippen LogP) is 0.617. The lowest BCUT2D eigenvalue weighted by molar-refractivity contribution is -0.357. The molecule has 0 aromatic rings. The van der Waals surface area contributed by atoms with Gasteiger partial charge in [-0.05, 0) is 98.7 Å². The van der Waals surface area contributed by atoms with Crippen LogP contribution in [0.3, 0.4) is 0 Å². The van der Waals surface area contributed by atoms with E-state index in [4.69, 9.17) is 23.7 Å². The minimum absolute atomic E-state index is 0.0422. The van der Waals surface area contributed by atoms with Crippen molar-refractivity contribution >= 4 is 11.9 Å². The summed E-state index contributed by atoms with van der Waals surface area (Å²) in [7, 11) is 1.38. The summed E-state index contributed by atoms with van der Waals surface area (Å²) in [5.41, 5.74) is -2.86. The smallest absolute Gasteiger partial charge is 0.311 e. The number of carboxylic acid groups (broad SMARTS) is 1. The summed E-state index contributed by atoms with van der Waals surface area (Å²) in [5, 5.41) is 96.7. The summed E-state index contributed by atoms with van der Waals surface area (Å²) >= 11 is 0. The second-order valence-electron chi connectivity index (χ2n) is 20.1. The maximum atomic E-state index is 13.2. The Kier molecular flexibility index (Phi) is 11.6. The minimum Gasteiger partial charge on any atom is -0.481 e. The molecule has 330 valence electrons. The van der Waals surface area contributed by atoms with Crippen molar-refractivity contribution in [2.24, 2.45) is 50.2 Å². The Morgan fingerprint density at radius 3 is 2.12 bits per heavy atom. The SMILES string of the molecule is COC(=O)[C@@]1(C)CC[C@]2(C(=O)O)CC[C@]3(C)C(=CC[C@@H]4[C@@]5(C)C[C@H](O)[C@H](O[C@@H]6OC[C@@H](OC7O[C@H](CO)[C@@H](O)[C@H](O)[C@H]7O)[C@H](O)[C@H]6O)[C@@](C)(CO)[C@@H]5CC[C@]43C)[C@@H]2C1. The van der Waals surface area contributed by atoms with Crippen molar-refractivity contribution < 1.29 is 79.2 Å². The first-order valence-electron chi connectivity index (χ1n) is 21.0. The Bertz CT molecular complexity index is 1610. The van der Waals surface area contributed by atoms with E-state index >= 15 is 0 Å². The molecule has 16 nitrogen and oxygen atoms in total. The first-order chi connectivity index (χ1) is 27.1. The van der Waals surface area contributed by atoms with Crippen LogP contribution in [0, 0.1) is 50.2 Å². The zero-order valence-electron chi connectivity index (χ0n) is 34.5. The fraction of sp³-hybridized carbons (Fsp3) is 0.905. The normalized spacial score (nSPS) is 54.2. The van der Waals surface area contributed by atoms with E-state index in [-0.39, 0.29) is 47.8 Å². The lowest BCUT2D eigenvalue weighted by Crippen LogP contribution is -2.69. The van der Waals surface area contributed by atoms with Gasteiger partial charge in [0.25, 0.3) is 0 Å². The van der Waals surface area contributed by atoms with E-state index in [9.17, 15) is 55.5 Å². The maximum Gasteiger partial charge on any atom is 0.311 e. The molecule has 0 aromatic heterocycles. The fourth-order valence-corrected chi connectivity index (χ4v) is 13.8. The Balaban J connectivity index is 1.11. The number of carboxylic acids is 1. The van der Waals surface area contributed by atoms with Crippen molar-refractivity contribution in [3.63, 3.8) is 0 Å². The molecule has 5 aliphatic carbocycles. The molecule has 2 aliphatic heterocycles. The second-order valence-corrected chi connectivity index (χ2v) is 20.1. The number of fused-ring (bicyclic) bond motifs is 7. The Labute approximate surface area is 339 Å². The van der Waals surface area contributed by atoms with Gasteiger partial charge in [-0.3, -0.25) is 9.59 Å². The molecule has 0 radical (unpaired) electrons. The third-order valence-electron chi connectivity index (χ3n) is 17.4. The van der Waals surface area contributed by atoms with Crippen LogP contribution in [0.1, 0.15) is 92.4 Å². The molecule has 2 heterocycles. The van der Waals surface area contributed by atoms with Crippen LogP contribution in [-0.2, 0) is 33.3 Å².